The van der Waals surface area contributed by atoms with Gasteiger partial charge in [-0.15, -0.1) is 0 Å². The summed E-state index contributed by atoms with van der Waals surface area (Å²) in [7, 11) is -3.36. The molecule has 0 saturated carbocycles. The van der Waals surface area contributed by atoms with Gasteiger partial charge < -0.3 is 0 Å². The van der Waals surface area contributed by atoms with Gasteiger partial charge in [-0.2, -0.15) is 0 Å². The van der Waals surface area contributed by atoms with Crippen LogP contribution in [0, 0.1) is 5.92 Å². The molecule has 1 aliphatic rings. The summed E-state index contributed by atoms with van der Waals surface area (Å²) in [6.07, 6.45) is 1.91. The van der Waals surface area contributed by atoms with Crippen LogP contribution in [0.5, 0.6) is 0 Å². The van der Waals surface area contributed by atoms with E-state index in [0.29, 0.717) is 11.6 Å². The highest BCUT2D eigenvalue weighted by Gasteiger charge is 2.23. The maximum absolute atomic E-state index is 10.9. The van der Waals surface area contributed by atoms with Crippen molar-refractivity contribution in [3.8, 4) is 0 Å². The summed E-state index contributed by atoms with van der Waals surface area (Å²) in [5.74, 6) is 0.197. The first-order chi connectivity index (χ1) is 6.87. The first-order valence-electron chi connectivity index (χ1n) is 4.93. The second-order valence-electron chi connectivity index (χ2n) is 4.09. The highest BCUT2D eigenvalue weighted by molar-refractivity contribution is 7.89. The Kier molecular flexibility index (Phi) is 4.58. The van der Waals surface area contributed by atoms with Gasteiger partial charge in [0.2, 0.25) is 10.0 Å². The highest BCUT2D eigenvalue weighted by atomic mass is 35.5. The molecule has 0 amide bonds. The van der Waals surface area contributed by atoms with Crippen molar-refractivity contribution in [3.63, 3.8) is 0 Å². The minimum Gasteiger partial charge on any atom is -0.298 e. The molecule has 0 aromatic heterocycles. The van der Waals surface area contributed by atoms with Gasteiger partial charge >= 0.3 is 0 Å². The summed E-state index contributed by atoms with van der Waals surface area (Å²) >= 11 is 5.71. The Hall–Kier alpha value is -0.100. The van der Waals surface area contributed by atoms with Crippen molar-refractivity contribution in [2.24, 2.45) is 11.1 Å². The molecule has 2 N–H and O–H groups in total. The van der Waals surface area contributed by atoms with E-state index in [1.54, 1.807) is 0 Å². The summed E-state index contributed by atoms with van der Waals surface area (Å²) in [6.45, 7) is 5.95. The van der Waals surface area contributed by atoms with Crippen molar-refractivity contribution < 1.29 is 8.42 Å². The van der Waals surface area contributed by atoms with Crippen LogP contribution in [-0.4, -0.2) is 38.7 Å². The van der Waals surface area contributed by atoms with Crippen LogP contribution < -0.4 is 5.14 Å². The normalized spacial score (nSPS) is 24.0. The van der Waals surface area contributed by atoms with Crippen molar-refractivity contribution in [2.45, 2.75) is 12.8 Å². The molecule has 0 bridgehead atoms. The Bertz CT molecular complexity index is 329. The highest BCUT2D eigenvalue weighted by Crippen LogP contribution is 2.18. The molecule has 0 spiro atoms. The molecule has 0 aromatic carbocycles. The number of halogens is 1. The number of nitrogens with zero attached hydrogens (tertiary/aromatic N) is 1. The summed E-state index contributed by atoms with van der Waals surface area (Å²) in [5, 5.41) is 5.61. The zero-order chi connectivity index (χ0) is 11.5. The van der Waals surface area contributed by atoms with Crippen molar-refractivity contribution in [3.05, 3.63) is 11.6 Å². The van der Waals surface area contributed by atoms with Gasteiger partial charge in [0.05, 0.1) is 5.75 Å². The van der Waals surface area contributed by atoms with Gasteiger partial charge in [-0.1, -0.05) is 18.2 Å². The van der Waals surface area contributed by atoms with Crippen LogP contribution in [0.15, 0.2) is 11.6 Å². The lowest BCUT2D eigenvalue weighted by molar-refractivity contribution is 0.201. The second-order valence-corrected chi connectivity index (χ2v) is 6.28. The molecule has 0 aliphatic carbocycles. The van der Waals surface area contributed by atoms with Crippen molar-refractivity contribution in [1.82, 2.24) is 4.90 Å². The molecule has 15 heavy (non-hydrogen) atoms. The Morgan fingerprint density at radius 2 is 2.27 bits per heavy atom. The van der Waals surface area contributed by atoms with E-state index in [2.05, 4.69) is 11.5 Å². The zero-order valence-electron chi connectivity index (χ0n) is 8.65. The van der Waals surface area contributed by atoms with Crippen LogP contribution in [-0.2, 0) is 10.0 Å². The van der Waals surface area contributed by atoms with E-state index < -0.39 is 10.0 Å². The lowest BCUT2D eigenvalue weighted by Gasteiger charge is -2.31. The predicted octanol–water partition coefficient (Wildman–Crippen LogP) is 0.739. The Morgan fingerprint density at radius 1 is 1.60 bits per heavy atom. The molecule has 1 heterocycles. The van der Waals surface area contributed by atoms with E-state index in [1.807, 2.05) is 0 Å². The van der Waals surface area contributed by atoms with Crippen molar-refractivity contribution in [2.75, 3.05) is 25.4 Å². The van der Waals surface area contributed by atoms with Crippen LogP contribution in [0.4, 0.5) is 0 Å². The maximum atomic E-state index is 10.9. The molecular weight excluding hydrogens is 236 g/mol. The molecule has 0 unspecified atom stereocenters. The Labute approximate surface area is 96.1 Å². The molecule has 0 radical (unpaired) electrons. The number of sulfonamides is 1. The summed E-state index contributed by atoms with van der Waals surface area (Å²) < 4.78 is 21.9. The van der Waals surface area contributed by atoms with E-state index in [-0.39, 0.29) is 11.7 Å². The average Bonchev–Trinajstić information content (AvgIpc) is 1.99. The number of primary sulfonamides is 1. The average molecular weight is 253 g/mol. The Morgan fingerprint density at radius 3 is 2.80 bits per heavy atom. The van der Waals surface area contributed by atoms with E-state index in [0.717, 1.165) is 25.9 Å². The largest absolute Gasteiger partial charge is 0.298 e. The molecular formula is C9H17ClN2O2S. The van der Waals surface area contributed by atoms with Gasteiger partial charge in [-0.05, 0) is 25.3 Å². The number of hydrogen-bond donors (Lipinski definition) is 1. The number of likely N-dealkylation sites (tertiary alicyclic amines) is 1. The second kappa shape index (κ2) is 5.30. The summed E-state index contributed by atoms with van der Waals surface area (Å²) in [5.41, 5.74) is 0. The number of nitrogens with two attached hydrogens (primary N) is 1. The van der Waals surface area contributed by atoms with Gasteiger partial charge in [-0.25, -0.2) is 13.6 Å². The van der Waals surface area contributed by atoms with E-state index in [4.69, 9.17) is 16.7 Å². The molecule has 88 valence electrons. The van der Waals surface area contributed by atoms with Crippen LogP contribution in [0.3, 0.4) is 0 Å². The fourth-order valence-corrected chi connectivity index (χ4v) is 3.10. The van der Waals surface area contributed by atoms with Crippen LogP contribution in [0.2, 0.25) is 0 Å². The monoisotopic (exact) mass is 252 g/mol. The van der Waals surface area contributed by atoms with Gasteiger partial charge in [0, 0.05) is 18.1 Å². The molecule has 1 aliphatic heterocycles. The van der Waals surface area contributed by atoms with Gasteiger partial charge in [0.15, 0.2) is 0 Å². The first kappa shape index (κ1) is 13.0. The fourth-order valence-electron chi connectivity index (χ4n) is 2.00. The quantitative estimate of drug-likeness (QED) is 0.803. The van der Waals surface area contributed by atoms with Crippen LogP contribution in [0.25, 0.3) is 0 Å². The smallest absolute Gasteiger partial charge is 0.209 e. The standard InChI is InChI=1S/C9H17ClN2O2S/c1-8(10)5-12-4-2-3-9(6-12)7-15(11,13)14/h9H,1-7H2,(H2,11,13,14)/t9-/m0/s1. The maximum Gasteiger partial charge on any atom is 0.209 e. The number of piperidine rings is 1. The molecule has 1 fully saturated rings. The predicted molar refractivity (Wildman–Crippen MR) is 62.1 cm³/mol. The first-order valence-corrected chi connectivity index (χ1v) is 7.02. The van der Waals surface area contributed by atoms with Crippen molar-refractivity contribution >= 4 is 21.6 Å². The molecule has 0 aromatic rings. The van der Waals surface area contributed by atoms with E-state index in [9.17, 15) is 8.42 Å². The third kappa shape index (κ3) is 5.51. The van der Waals surface area contributed by atoms with Gasteiger partial charge in [-0.3, -0.25) is 4.90 Å². The molecule has 1 atom stereocenters. The lowest BCUT2D eigenvalue weighted by Crippen LogP contribution is -2.39. The fraction of sp³-hybridized carbons (Fsp3) is 0.778. The number of rotatable bonds is 4. The lowest BCUT2D eigenvalue weighted by atomic mass is 10.0. The Balaban J connectivity index is 2.45. The van der Waals surface area contributed by atoms with E-state index >= 15 is 0 Å². The van der Waals surface area contributed by atoms with Crippen molar-refractivity contribution in [1.29, 1.82) is 0 Å². The minimum atomic E-state index is -3.36. The van der Waals surface area contributed by atoms with Crippen LogP contribution in [0.1, 0.15) is 12.8 Å². The summed E-state index contributed by atoms with van der Waals surface area (Å²) in [4.78, 5) is 2.12. The molecule has 4 nitrogen and oxygen atoms in total. The third-order valence-corrected chi connectivity index (χ3v) is 3.52. The van der Waals surface area contributed by atoms with Gasteiger partial charge in [0.25, 0.3) is 0 Å². The zero-order valence-corrected chi connectivity index (χ0v) is 10.2. The van der Waals surface area contributed by atoms with E-state index in [1.165, 1.54) is 0 Å². The molecule has 6 heteroatoms. The molecule has 1 saturated heterocycles. The SMILES string of the molecule is C=C(Cl)CN1CCC[C@H](CS(N)(=O)=O)C1. The van der Waals surface area contributed by atoms with Gasteiger partial charge in [0.1, 0.15) is 0 Å². The molecule has 1 rings (SSSR count). The number of hydrogen-bond acceptors (Lipinski definition) is 3. The third-order valence-electron chi connectivity index (χ3n) is 2.47. The topological polar surface area (TPSA) is 63.4 Å². The minimum absolute atomic E-state index is 0.0677. The summed E-state index contributed by atoms with van der Waals surface area (Å²) in [6, 6.07) is 0. The van der Waals surface area contributed by atoms with Crippen LogP contribution >= 0.6 is 11.6 Å².